The Morgan fingerprint density at radius 2 is 2.24 bits per heavy atom. The highest BCUT2D eigenvalue weighted by molar-refractivity contribution is 7.50. The van der Waals surface area contributed by atoms with Gasteiger partial charge in [0.05, 0.1) is 19.0 Å². The number of nitrogen functional groups attached to an aromatic ring is 1. The minimum atomic E-state index is -4.03. The van der Waals surface area contributed by atoms with E-state index < -0.39 is 26.2 Å². The number of hydrogen-bond donors (Lipinski definition) is 5. The number of aliphatic hydroxyl groups is 1. The molecule has 1 aliphatic rings. The average Bonchev–Trinajstić information content (AvgIpc) is 3.24. The minimum absolute atomic E-state index is 0.0314. The normalized spacial score (nSPS) is 25.3. The van der Waals surface area contributed by atoms with Crippen molar-refractivity contribution >= 4 is 24.7 Å². The van der Waals surface area contributed by atoms with Crippen molar-refractivity contribution < 1.29 is 23.8 Å². The summed E-state index contributed by atoms with van der Waals surface area (Å²) in [4.78, 5) is 22.1. The average molecular weight is 429 g/mol. The number of nitrogens with two attached hydrogens (primary N) is 2. The molecule has 29 heavy (non-hydrogen) atoms. The fourth-order valence-corrected chi connectivity index (χ4v) is 4.10. The molecule has 1 saturated heterocycles. The van der Waals surface area contributed by atoms with Crippen LogP contribution in [0.3, 0.4) is 0 Å². The van der Waals surface area contributed by atoms with Gasteiger partial charge in [-0.2, -0.15) is 0 Å². The first kappa shape index (κ1) is 22.0. The first-order valence-electron chi connectivity index (χ1n) is 9.55. The van der Waals surface area contributed by atoms with Gasteiger partial charge in [0.2, 0.25) is 0 Å². The lowest BCUT2D eigenvalue weighted by molar-refractivity contribution is -0.0400. The van der Waals surface area contributed by atoms with E-state index >= 15 is 0 Å². The number of imidazole rings is 1. The lowest BCUT2D eigenvalue weighted by Crippen LogP contribution is -2.29. The molecule has 1 aliphatic heterocycles. The summed E-state index contributed by atoms with van der Waals surface area (Å²) in [6.45, 7) is 2.04. The zero-order chi connectivity index (χ0) is 21.0. The number of nitrogens with one attached hydrogen (secondary N) is 1. The monoisotopic (exact) mass is 429 g/mol. The zero-order valence-electron chi connectivity index (χ0n) is 16.2. The fourth-order valence-electron chi connectivity index (χ4n) is 3.24. The van der Waals surface area contributed by atoms with Gasteiger partial charge in [-0.15, -0.1) is 0 Å². The van der Waals surface area contributed by atoms with Gasteiger partial charge in [0.1, 0.15) is 24.2 Å². The van der Waals surface area contributed by atoms with E-state index in [4.69, 9.17) is 20.7 Å². The van der Waals surface area contributed by atoms with Crippen LogP contribution in [-0.2, 0) is 13.8 Å². The number of anilines is 1. The highest BCUT2D eigenvalue weighted by atomic mass is 31.2. The Morgan fingerprint density at radius 3 is 3.00 bits per heavy atom. The van der Waals surface area contributed by atoms with E-state index in [0.29, 0.717) is 17.6 Å². The van der Waals surface area contributed by atoms with Crippen LogP contribution in [-0.4, -0.2) is 60.9 Å². The maximum atomic E-state index is 12.1. The zero-order valence-corrected chi connectivity index (χ0v) is 17.1. The van der Waals surface area contributed by atoms with Gasteiger partial charge in [-0.3, -0.25) is 9.09 Å². The number of aliphatic hydroxyl groups excluding tert-OH is 1. The first-order chi connectivity index (χ1) is 13.8. The van der Waals surface area contributed by atoms with Crippen molar-refractivity contribution in [3.63, 3.8) is 0 Å². The summed E-state index contributed by atoms with van der Waals surface area (Å²) in [5, 5.41) is 12.8. The molecule has 0 aliphatic carbocycles. The van der Waals surface area contributed by atoms with Crippen molar-refractivity contribution in [2.24, 2.45) is 5.73 Å². The summed E-state index contributed by atoms with van der Waals surface area (Å²) in [5.74, 6) is 0.248. The van der Waals surface area contributed by atoms with Gasteiger partial charge in [-0.1, -0.05) is 13.3 Å². The molecule has 2 aromatic rings. The third-order valence-electron chi connectivity index (χ3n) is 4.80. The molecular weight excluding hydrogens is 401 g/mol. The lowest BCUT2D eigenvalue weighted by atomic mass is 10.1. The second-order valence-electron chi connectivity index (χ2n) is 7.08. The topological polar surface area (TPSA) is 184 Å². The van der Waals surface area contributed by atoms with Gasteiger partial charge in [0.15, 0.2) is 11.5 Å². The van der Waals surface area contributed by atoms with Crippen molar-refractivity contribution in [2.75, 3.05) is 18.9 Å². The molecule has 2 aromatic heterocycles. The van der Waals surface area contributed by atoms with Gasteiger partial charge in [-0.25, -0.2) is 24.6 Å². The quantitative estimate of drug-likeness (QED) is 0.327. The first-order valence-corrected chi connectivity index (χ1v) is 11.1. The standard InChI is InChI=1S/C16H28N7O5P/c1-2-3-10(17)4-5-22-29(25,26)27-7-12-11(24)6-13(28-12)23-9-21-14-15(18)19-8-20-16(14)23/h8-13,24H,2-7,17H2,1H3,(H2,18,19,20)(H2,22,25,26)/t10?,11-,12+,13+/m0/s1. The van der Waals surface area contributed by atoms with Crippen LogP contribution < -0.4 is 16.6 Å². The summed E-state index contributed by atoms with van der Waals surface area (Å²) in [5.41, 5.74) is 12.6. The molecule has 0 saturated carbocycles. The van der Waals surface area contributed by atoms with Crippen LogP contribution in [0.2, 0.25) is 0 Å². The van der Waals surface area contributed by atoms with Gasteiger partial charge >= 0.3 is 7.75 Å². The Labute approximate surface area is 168 Å². The maximum Gasteiger partial charge on any atom is 0.403 e. The van der Waals surface area contributed by atoms with Crippen molar-refractivity contribution in [1.82, 2.24) is 24.6 Å². The van der Waals surface area contributed by atoms with Crippen LogP contribution >= 0.6 is 7.75 Å². The molecule has 0 radical (unpaired) electrons. The highest BCUT2D eigenvalue weighted by Crippen LogP contribution is 2.39. The summed E-state index contributed by atoms with van der Waals surface area (Å²) < 4.78 is 24.7. The molecule has 3 heterocycles. The number of fused-ring (bicyclic) bond motifs is 1. The van der Waals surface area contributed by atoms with Crippen molar-refractivity contribution in [3.05, 3.63) is 12.7 Å². The Bertz CT molecular complexity index is 865. The van der Waals surface area contributed by atoms with Crippen LogP contribution in [0.15, 0.2) is 12.7 Å². The molecule has 7 N–H and O–H groups in total. The fraction of sp³-hybridized carbons (Fsp3) is 0.688. The number of nitrogens with zero attached hydrogens (tertiary/aromatic N) is 4. The minimum Gasteiger partial charge on any atom is -0.390 e. The molecule has 3 rings (SSSR count). The largest absolute Gasteiger partial charge is 0.403 e. The Hall–Kier alpha value is -1.66. The molecule has 12 nitrogen and oxygen atoms in total. The van der Waals surface area contributed by atoms with E-state index in [-0.39, 0.29) is 31.4 Å². The number of aromatic nitrogens is 4. The van der Waals surface area contributed by atoms with Crippen molar-refractivity contribution in [1.29, 1.82) is 0 Å². The van der Waals surface area contributed by atoms with Gasteiger partial charge < -0.3 is 26.2 Å². The molecule has 0 aromatic carbocycles. The lowest BCUT2D eigenvalue weighted by Gasteiger charge is -2.19. The third kappa shape index (κ3) is 5.48. The SMILES string of the molecule is CCCC(N)CCNP(=O)(O)OC[C@H]1O[C@@H](n2cnc3c(N)ncnc32)C[C@@H]1O. The maximum absolute atomic E-state index is 12.1. The summed E-state index contributed by atoms with van der Waals surface area (Å²) >= 11 is 0. The summed E-state index contributed by atoms with van der Waals surface area (Å²) in [7, 11) is -4.03. The van der Waals surface area contributed by atoms with E-state index in [2.05, 4.69) is 20.0 Å². The summed E-state index contributed by atoms with van der Waals surface area (Å²) in [6, 6.07) is -0.0314. The summed E-state index contributed by atoms with van der Waals surface area (Å²) in [6.07, 6.45) is 3.23. The van der Waals surface area contributed by atoms with Crippen LogP contribution in [0, 0.1) is 0 Å². The molecule has 2 unspecified atom stereocenters. The third-order valence-corrected chi connectivity index (χ3v) is 5.92. The predicted octanol–water partition coefficient (Wildman–Crippen LogP) is 0.281. The van der Waals surface area contributed by atoms with Gasteiger partial charge in [-0.05, 0) is 12.8 Å². The van der Waals surface area contributed by atoms with E-state index in [1.807, 2.05) is 6.92 Å². The molecular formula is C16H28N7O5P. The van der Waals surface area contributed by atoms with E-state index in [0.717, 1.165) is 12.8 Å². The van der Waals surface area contributed by atoms with Crippen LogP contribution in [0.1, 0.15) is 38.8 Å². The molecule has 0 spiro atoms. The van der Waals surface area contributed by atoms with E-state index in [9.17, 15) is 14.6 Å². The Kier molecular flexibility index (Phi) is 7.17. The molecule has 5 atom stereocenters. The van der Waals surface area contributed by atoms with Gasteiger partial charge in [0.25, 0.3) is 0 Å². The van der Waals surface area contributed by atoms with Crippen LogP contribution in [0.25, 0.3) is 11.2 Å². The Morgan fingerprint density at radius 1 is 1.45 bits per heavy atom. The predicted molar refractivity (Wildman–Crippen MR) is 106 cm³/mol. The van der Waals surface area contributed by atoms with E-state index in [1.54, 1.807) is 4.57 Å². The molecule has 1 fully saturated rings. The number of hydrogen-bond acceptors (Lipinski definition) is 9. The molecule has 13 heteroatoms. The second-order valence-corrected chi connectivity index (χ2v) is 8.69. The van der Waals surface area contributed by atoms with Gasteiger partial charge in [0, 0.05) is 19.0 Å². The molecule has 0 amide bonds. The molecule has 162 valence electrons. The highest BCUT2D eigenvalue weighted by Gasteiger charge is 2.37. The second kappa shape index (κ2) is 9.43. The van der Waals surface area contributed by atoms with Crippen molar-refractivity contribution in [3.8, 4) is 0 Å². The van der Waals surface area contributed by atoms with Crippen LogP contribution in [0.4, 0.5) is 5.82 Å². The number of rotatable bonds is 10. The Balaban J connectivity index is 1.53. The number of ether oxygens (including phenoxy) is 1. The molecule has 0 bridgehead atoms. The van der Waals surface area contributed by atoms with Crippen LogP contribution in [0.5, 0.6) is 0 Å². The smallest absolute Gasteiger partial charge is 0.390 e. The van der Waals surface area contributed by atoms with E-state index in [1.165, 1.54) is 12.7 Å². The van der Waals surface area contributed by atoms with Crippen molar-refractivity contribution in [2.45, 2.75) is 57.1 Å².